The van der Waals surface area contributed by atoms with Gasteiger partial charge >= 0.3 is 0 Å². The molecule has 0 saturated heterocycles. The molecule has 3 amide bonds. The van der Waals surface area contributed by atoms with Crippen molar-refractivity contribution in [3.63, 3.8) is 0 Å². The number of benzene rings is 2. The predicted molar refractivity (Wildman–Crippen MR) is 130 cm³/mol. The van der Waals surface area contributed by atoms with Gasteiger partial charge in [-0.05, 0) is 48.3 Å². The van der Waals surface area contributed by atoms with E-state index in [0.29, 0.717) is 30.4 Å². The standard InChI is InChI=1S/C24H30N4O4S/c1-17(2)13-14-32-20-10-6-9-19(15-20)23(31)26-24(33)28-27-22(30)12-11-21(29)25-16-18-7-4-3-5-8-18/h3-10,15,17H,11-14,16H2,1-2H3,(H,25,29)(H,27,30)(H2,26,28,31,33). The van der Waals surface area contributed by atoms with E-state index in [9.17, 15) is 14.4 Å². The highest BCUT2D eigenvalue weighted by Gasteiger charge is 2.11. The third kappa shape index (κ3) is 10.6. The molecular formula is C24H30N4O4S. The second-order valence-electron chi connectivity index (χ2n) is 7.78. The number of thiocarbonyl (C=S) groups is 1. The maximum atomic E-state index is 12.4. The van der Waals surface area contributed by atoms with Crippen LogP contribution >= 0.6 is 12.2 Å². The average molecular weight is 471 g/mol. The van der Waals surface area contributed by atoms with E-state index in [1.54, 1.807) is 24.3 Å². The third-order valence-corrected chi connectivity index (χ3v) is 4.72. The van der Waals surface area contributed by atoms with Gasteiger partial charge in [-0.25, -0.2) is 0 Å². The number of nitrogens with one attached hydrogen (secondary N) is 4. The van der Waals surface area contributed by atoms with Gasteiger partial charge < -0.3 is 10.1 Å². The van der Waals surface area contributed by atoms with Gasteiger partial charge in [0, 0.05) is 24.9 Å². The van der Waals surface area contributed by atoms with Gasteiger partial charge in [0.25, 0.3) is 5.91 Å². The van der Waals surface area contributed by atoms with Crippen LogP contribution in [0.25, 0.3) is 0 Å². The molecule has 2 aromatic carbocycles. The molecule has 4 N–H and O–H groups in total. The van der Waals surface area contributed by atoms with Crippen molar-refractivity contribution in [3.05, 3.63) is 65.7 Å². The zero-order valence-corrected chi connectivity index (χ0v) is 19.7. The lowest BCUT2D eigenvalue weighted by molar-refractivity contribution is -0.126. The molecule has 0 saturated carbocycles. The second-order valence-corrected chi connectivity index (χ2v) is 8.19. The highest BCUT2D eigenvalue weighted by molar-refractivity contribution is 7.80. The van der Waals surface area contributed by atoms with E-state index in [2.05, 4.69) is 35.3 Å². The molecule has 2 aromatic rings. The fourth-order valence-electron chi connectivity index (χ4n) is 2.65. The topological polar surface area (TPSA) is 109 Å². The van der Waals surface area contributed by atoms with Crippen molar-refractivity contribution in [2.24, 2.45) is 5.92 Å². The SMILES string of the molecule is CC(C)CCOc1cccc(C(=O)NC(=S)NNC(=O)CCC(=O)NCc2ccccc2)c1. The molecule has 0 heterocycles. The molecule has 0 aliphatic rings. The maximum Gasteiger partial charge on any atom is 0.257 e. The molecular weight excluding hydrogens is 440 g/mol. The minimum atomic E-state index is -0.434. The molecule has 0 unspecified atom stereocenters. The molecule has 0 aromatic heterocycles. The summed E-state index contributed by atoms with van der Waals surface area (Å²) in [5.74, 6) is 0.0265. The maximum absolute atomic E-state index is 12.4. The Kier molecular flexibility index (Phi) is 10.8. The van der Waals surface area contributed by atoms with Crippen LogP contribution in [-0.2, 0) is 16.1 Å². The number of amides is 3. The van der Waals surface area contributed by atoms with Crippen molar-refractivity contribution < 1.29 is 19.1 Å². The fourth-order valence-corrected chi connectivity index (χ4v) is 2.79. The Morgan fingerprint density at radius 1 is 0.939 bits per heavy atom. The Bertz CT molecular complexity index is 950. The lowest BCUT2D eigenvalue weighted by Crippen LogP contribution is -2.48. The van der Waals surface area contributed by atoms with Gasteiger partial charge in [0.15, 0.2) is 5.11 Å². The first-order valence-corrected chi connectivity index (χ1v) is 11.2. The van der Waals surface area contributed by atoms with E-state index in [1.807, 2.05) is 30.3 Å². The van der Waals surface area contributed by atoms with Crippen LogP contribution in [0.15, 0.2) is 54.6 Å². The number of hydrogen-bond donors (Lipinski definition) is 4. The monoisotopic (exact) mass is 470 g/mol. The van der Waals surface area contributed by atoms with Gasteiger partial charge in [-0.1, -0.05) is 50.2 Å². The van der Waals surface area contributed by atoms with Crippen LogP contribution in [0.2, 0.25) is 0 Å². The summed E-state index contributed by atoms with van der Waals surface area (Å²) in [6.07, 6.45) is 0.918. The van der Waals surface area contributed by atoms with Crippen LogP contribution in [0, 0.1) is 5.92 Å². The molecule has 0 radical (unpaired) electrons. The van der Waals surface area contributed by atoms with Gasteiger partial charge in [-0.3, -0.25) is 30.6 Å². The summed E-state index contributed by atoms with van der Waals surface area (Å²) in [6.45, 7) is 5.19. The van der Waals surface area contributed by atoms with Crippen molar-refractivity contribution in [1.82, 2.24) is 21.5 Å². The number of carbonyl (C=O) groups excluding carboxylic acids is 3. The normalized spacial score (nSPS) is 10.3. The summed E-state index contributed by atoms with van der Waals surface area (Å²) in [5.41, 5.74) is 6.19. The van der Waals surface area contributed by atoms with Crippen LogP contribution in [-0.4, -0.2) is 29.4 Å². The number of hydrogen-bond acceptors (Lipinski definition) is 5. The van der Waals surface area contributed by atoms with E-state index >= 15 is 0 Å². The van der Waals surface area contributed by atoms with Gasteiger partial charge in [-0.2, -0.15) is 0 Å². The van der Waals surface area contributed by atoms with Crippen LogP contribution in [0.3, 0.4) is 0 Å². The molecule has 0 fully saturated rings. The molecule has 0 aliphatic heterocycles. The first kappa shape index (κ1) is 25.8. The van der Waals surface area contributed by atoms with E-state index in [0.717, 1.165) is 12.0 Å². The van der Waals surface area contributed by atoms with Crippen LogP contribution in [0.4, 0.5) is 0 Å². The molecule has 0 atom stereocenters. The van der Waals surface area contributed by atoms with Crippen molar-refractivity contribution in [2.75, 3.05) is 6.61 Å². The van der Waals surface area contributed by atoms with Gasteiger partial charge in [-0.15, -0.1) is 0 Å². The quantitative estimate of drug-likeness (QED) is 0.314. The van der Waals surface area contributed by atoms with E-state index in [4.69, 9.17) is 17.0 Å². The molecule has 8 nitrogen and oxygen atoms in total. The summed E-state index contributed by atoms with van der Waals surface area (Å²) in [6, 6.07) is 16.3. The Hall–Kier alpha value is -3.46. The lowest BCUT2D eigenvalue weighted by atomic mass is 10.1. The Morgan fingerprint density at radius 2 is 1.67 bits per heavy atom. The molecule has 0 bridgehead atoms. The van der Waals surface area contributed by atoms with Crippen LogP contribution in [0.1, 0.15) is 49.0 Å². The Labute approximate surface area is 199 Å². The van der Waals surface area contributed by atoms with Crippen molar-refractivity contribution >= 4 is 35.1 Å². The molecule has 2 rings (SSSR count). The summed E-state index contributed by atoms with van der Waals surface area (Å²) >= 11 is 5.04. The van der Waals surface area contributed by atoms with Crippen LogP contribution in [0.5, 0.6) is 5.75 Å². The third-order valence-electron chi connectivity index (χ3n) is 4.51. The van der Waals surface area contributed by atoms with Gasteiger partial charge in [0.2, 0.25) is 11.8 Å². The van der Waals surface area contributed by atoms with E-state index < -0.39 is 11.8 Å². The fraction of sp³-hybridized carbons (Fsp3) is 0.333. The van der Waals surface area contributed by atoms with Crippen molar-refractivity contribution in [3.8, 4) is 5.75 Å². The number of rotatable bonds is 10. The lowest BCUT2D eigenvalue weighted by Gasteiger charge is -2.12. The molecule has 33 heavy (non-hydrogen) atoms. The predicted octanol–water partition coefficient (Wildman–Crippen LogP) is 2.84. The molecule has 0 aliphatic carbocycles. The molecule has 9 heteroatoms. The van der Waals surface area contributed by atoms with Crippen molar-refractivity contribution in [2.45, 2.75) is 39.7 Å². The van der Waals surface area contributed by atoms with Gasteiger partial charge in [0.05, 0.1) is 6.61 Å². The highest BCUT2D eigenvalue weighted by Crippen LogP contribution is 2.14. The van der Waals surface area contributed by atoms with E-state index in [1.165, 1.54) is 0 Å². The highest BCUT2D eigenvalue weighted by atomic mass is 32.1. The summed E-state index contributed by atoms with van der Waals surface area (Å²) in [4.78, 5) is 36.2. The minimum absolute atomic E-state index is 0.0278. The molecule has 0 spiro atoms. The zero-order chi connectivity index (χ0) is 24.1. The first-order chi connectivity index (χ1) is 15.8. The van der Waals surface area contributed by atoms with E-state index in [-0.39, 0.29) is 23.9 Å². The van der Waals surface area contributed by atoms with Crippen LogP contribution < -0.4 is 26.2 Å². The summed E-state index contributed by atoms with van der Waals surface area (Å²) in [5, 5.41) is 5.18. The summed E-state index contributed by atoms with van der Waals surface area (Å²) < 4.78 is 5.66. The molecule has 176 valence electrons. The second kappa shape index (κ2) is 13.8. The van der Waals surface area contributed by atoms with Crippen molar-refractivity contribution in [1.29, 1.82) is 0 Å². The zero-order valence-electron chi connectivity index (χ0n) is 18.9. The first-order valence-electron chi connectivity index (χ1n) is 10.8. The smallest absolute Gasteiger partial charge is 0.257 e. The number of carbonyl (C=O) groups is 3. The minimum Gasteiger partial charge on any atom is -0.494 e. The average Bonchev–Trinajstić information content (AvgIpc) is 2.80. The Balaban J connectivity index is 1.66. The summed E-state index contributed by atoms with van der Waals surface area (Å²) in [7, 11) is 0. The Morgan fingerprint density at radius 3 is 2.39 bits per heavy atom. The largest absolute Gasteiger partial charge is 0.494 e. The number of ether oxygens (including phenoxy) is 1. The number of hydrazine groups is 1. The van der Waals surface area contributed by atoms with Gasteiger partial charge in [0.1, 0.15) is 5.75 Å².